The molecule has 0 radical (unpaired) electrons. The van der Waals surface area contributed by atoms with Gasteiger partial charge >= 0.3 is 0 Å². The quantitative estimate of drug-likeness (QED) is 0.612. The summed E-state index contributed by atoms with van der Waals surface area (Å²) in [6.45, 7) is 4.24. The van der Waals surface area contributed by atoms with Gasteiger partial charge in [0, 0.05) is 11.1 Å². The maximum Gasteiger partial charge on any atom is 0.141 e. The highest BCUT2D eigenvalue weighted by molar-refractivity contribution is 9.10. The van der Waals surface area contributed by atoms with E-state index in [2.05, 4.69) is 40.1 Å². The maximum absolute atomic E-state index is 5.79. The SMILES string of the molecule is COc1ccc(C(NN)C(C)(C)N(C)C)c(OC)c1Br. The van der Waals surface area contributed by atoms with Crippen molar-refractivity contribution < 1.29 is 9.47 Å². The van der Waals surface area contributed by atoms with Crippen molar-refractivity contribution in [2.45, 2.75) is 25.4 Å². The van der Waals surface area contributed by atoms with E-state index in [9.17, 15) is 0 Å². The molecule has 0 spiro atoms. The molecular formula is C14H24BrN3O2. The van der Waals surface area contributed by atoms with Crippen LogP contribution < -0.4 is 20.7 Å². The number of hydrogen-bond acceptors (Lipinski definition) is 5. The van der Waals surface area contributed by atoms with E-state index in [-0.39, 0.29) is 11.6 Å². The van der Waals surface area contributed by atoms with Gasteiger partial charge in [0.1, 0.15) is 16.0 Å². The van der Waals surface area contributed by atoms with E-state index in [0.29, 0.717) is 0 Å². The molecule has 114 valence electrons. The summed E-state index contributed by atoms with van der Waals surface area (Å²) in [5.41, 5.74) is 3.67. The number of nitrogens with zero attached hydrogens (tertiary/aromatic N) is 1. The normalized spacial score (nSPS) is 13.4. The standard InChI is InChI=1S/C14H24BrN3O2/c1-14(2,18(3)4)13(17-16)9-7-8-10(19-5)11(15)12(9)20-6/h7-8,13,17H,16H2,1-6H3. The Kier molecular flexibility index (Phi) is 5.82. The van der Waals surface area contributed by atoms with Gasteiger partial charge in [0.05, 0.1) is 20.3 Å². The number of nitrogens with one attached hydrogen (secondary N) is 1. The minimum Gasteiger partial charge on any atom is -0.495 e. The summed E-state index contributed by atoms with van der Waals surface area (Å²) in [7, 11) is 7.31. The third kappa shape index (κ3) is 3.09. The fraction of sp³-hybridized carbons (Fsp3) is 0.571. The van der Waals surface area contributed by atoms with Crippen molar-refractivity contribution in [2.75, 3.05) is 28.3 Å². The molecular weight excluding hydrogens is 322 g/mol. The summed E-state index contributed by atoms with van der Waals surface area (Å²) in [4.78, 5) is 2.12. The number of hydrogen-bond donors (Lipinski definition) is 2. The molecule has 0 aliphatic rings. The molecule has 1 rings (SSSR count). The van der Waals surface area contributed by atoms with Crippen molar-refractivity contribution in [3.63, 3.8) is 0 Å². The van der Waals surface area contributed by atoms with Crippen LogP contribution in [0.4, 0.5) is 0 Å². The third-order valence-electron chi connectivity index (χ3n) is 3.85. The van der Waals surface area contributed by atoms with Crippen LogP contribution in [0.5, 0.6) is 11.5 Å². The minimum atomic E-state index is -0.198. The molecule has 1 unspecified atom stereocenters. The van der Waals surface area contributed by atoms with Gasteiger partial charge < -0.3 is 14.4 Å². The van der Waals surface area contributed by atoms with Crippen molar-refractivity contribution in [3.8, 4) is 11.5 Å². The van der Waals surface area contributed by atoms with Crippen LogP contribution in [0, 0.1) is 0 Å². The van der Waals surface area contributed by atoms with Crippen molar-refractivity contribution in [1.29, 1.82) is 0 Å². The molecule has 1 aromatic rings. The largest absolute Gasteiger partial charge is 0.495 e. The molecule has 1 aromatic carbocycles. The van der Waals surface area contributed by atoms with Crippen LogP contribution in [-0.4, -0.2) is 38.8 Å². The second kappa shape index (κ2) is 6.76. The van der Waals surface area contributed by atoms with Gasteiger partial charge in [0.2, 0.25) is 0 Å². The van der Waals surface area contributed by atoms with E-state index < -0.39 is 0 Å². The molecule has 0 aromatic heterocycles. The van der Waals surface area contributed by atoms with Crippen molar-refractivity contribution in [2.24, 2.45) is 5.84 Å². The Morgan fingerprint density at radius 3 is 2.25 bits per heavy atom. The molecule has 1 atom stereocenters. The lowest BCUT2D eigenvalue weighted by Crippen LogP contribution is -2.51. The number of halogens is 1. The Hall–Kier alpha value is -0.820. The second-order valence-electron chi connectivity index (χ2n) is 5.35. The topological polar surface area (TPSA) is 59.8 Å². The molecule has 0 heterocycles. The lowest BCUT2D eigenvalue weighted by molar-refractivity contribution is 0.136. The fourth-order valence-corrected chi connectivity index (χ4v) is 2.76. The number of likely N-dealkylation sites (N-methyl/N-ethyl adjacent to an activating group) is 1. The van der Waals surface area contributed by atoms with Gasteiger partial charge in [0.25, 0.3) is 0 Å². The number of rotatable bonds is 6. The van der Waals surface area contributed by atoms with E-state index in [4.69, 9.17) is 15.3 Å². The van der Waals surface area contributed by atoms with E-state index >= 15 is 0 Å². The van der Waals surface area contributed by atoms with E-state index in [0.717, 1.165) is 21.5 Å². The average molecular weight is 346 g/mol. The Balaban J connectivity index is 3.40. The molecule has 3 N–H and O–H groups in total. The molecule has 0 aliphatic carbocycles. The van der Waals surface area contributed by atoms with E-state index in [1.165, 1.54) is 0 Å². The molecule has 0 aliphatic heterocycles. The summed E-state index contributed by atoms with van der Waals surface area (Å²) < 4.78 is 11.6. The van der Waals surface area contributed by atoms with Crippen LogP contribution in [0.25, 0.3) is 0 Å². The number of nitrogens with two attached hydrogens (primary N) is 1. The monoisotopic (exact) mass is 345 g/mol. The van der Waals surface area contributed by atoms with Gasteiger partial charge in [-0.2, -0.15) is 0 Å². The lowest BCUT2D eigenvalue weighted by atomic mass is 9.87. The minimum absolute atomic E-state index is 0.102. The first-order valence-electron chi connectivity index (χ1n) is 6.35. The van der Waals surface area contributed by atoms with Gasteiger partial charge in [-0.25, -0.2) is 0 Å². The molecule has 0 saturated carbocycles. The Labute approximate surface area is 129 Å². The van der Waals surface area contributed by atoms with E-state index in [1.807, 2.05) is 26.2 Å². The number of hydrazine groups is 1. The highest BCUT2D eigenvalue weighted by Gasteiger charge is 2.34. The molecule has 0 saturated heterocycles. The van der Waals surface area contributed by atoms with Crippen LogP contribution in [0.15, 0.2) is 16.6 Å². The Morgan fingerprint density at radius 2 is 1.85 bits per heavy atom. The first kappa shape index (κ1) is 17.2. The molecule has 6 heteroatoms. The first-order valence-corrected chi connectivity index (χ1v) is 7.14. The predicted molar refractivity (Wildman–Crippen MR) is 85.1 cm³/mol. The lowest BCUT2D eigenvalue weighted by Gasteiger charge is -2.40. The van der Waals surface area contributed by atoms with Crippen LogP contribution in [-0.2, 0) is 0 Å². The zero-order valence-corrected chi connectivity index (χ0v) is 14.5. The van der Waals surface area contributed by atoms with Gasteiger partial charge in [-0.05, 0) is 56.0 Å². The summed E-state index contributed by atoms with van der Waals surface area (Å²) in [6.07, 6.45) is 0. The van der Waals surface area contributed by atoms with Crippen LogP contribution in [0.2, 0.25) is 0 Å². The van der Waals surface area contributed by atoms with Gasteiger partial charge in [0.15, 0.2) is 0 Å². The molecule has 20 heavy (non-hydrogen) atoms. The number of methoxy groups -OCH3 is 2. The number of benzene rings is 1. The Morgan fingerprint density at radius 1 is 1.25 bits per heavy atom. The third-order valence-corrected chi connectivity index (χ3v) is 4.60. The highest BCUT2D eigenvalue weighted by Crippen LogP contribution is 2.42. The maximum atomic E-state index is 5.79. The highest BCUT2D eigenvalue weighted by atomic mass is 79.9. The zero-order valence-electron chi connectivity index (χ0n) is 13.0. The molecule has 5 nitrogen and oxygen atoms in total. The Bertz CT molecular complexity index is 464. The summed E-state index contributed by atoms with van der Waals surface area (Å²) in [6, 6.07) is 3.77. The summed E-state index contributed by atoms with van der Waals surface area (Å²) in [5.74, 6) is 7.24. The second-order valence-corrected chi connectivity index (χ2v) is 6.15. The van der Waals surface area contributed by atoms with Crippen molar-refractivity contribution in [1.82, 2.24) is 10.3 Å². The van der Waals surface area contributed by atoms with Gasteiger partial charge in [-0.3, -0.25) is 11.3 Å². The number of ether oxygens (including phenoxy) is 2. The summed E-state index contributed by atoms with van der Waals surface area (Å²) in [5, 5.41) is 0. The summed E-state index contributed by atoms with van der Waals surface area (Å²) >= 11 is 3.52. The van der Waals surface area contributed by atoms with Gasteiger partial charge in [-0.15, -0.1) is 0 Å². The predicted octanol–water partition coefficient (Wildman–Crippen LogP) is 2.31. The van der Waals surface area contributed by atoms with E-state index in [1.54, 1.807) is 14.2 Å². The molecule has 0 amide bonds. The first-order chi connectivity index (χ1) is 9.31. The van der Waals surface area contributed by atoms with Crippen LogP contribution >= 0.6 is 15.9 Å². The van der Waals surface area contributed by atoms with Gasteiger partial charge in [-0.1, -0.05) is 0 Å². The molecule has 0 bridgehead atoms. The van der Waals surface area contributed by atoms with Crippen LogP contribution in [0.1, 0.15) is 25.5 Å². The van der Waals surface area contributed by atoms with Crippen LogP contribution in [0.3, 0.4) is 0 Å². The van der Waals surface area contributed by atoms with Crippen molar-refractivity contribution >= 4 is 15.9 Å². The smallest absolute Gasteiger partial charge is 0.141 e. The zero-order chi connectivity index (χ0) is 15.5. The molecule has 0 fully saturated rings. The van der Waals surface area contributed by atoms with Crippen molar-refractivity contribution in [3.05, 3.63) is 22.2 Å². The average Bonchev–Trinajstić information content (AvgIpc) is 2.39. The fourth-order valence-electron chi connectivity index (χ4n) is 2.08.